The highest BCUT2D eigenvalue weighted by Crippen LogP contribution is 2.39. The number of aliphatic imine (C=N–C) groups is 1. The van der Waals surface area contributed by atoms with Crippen molar-refractivity contribution in [2.75, 3.05) is 6.54 Å². The van der Waals surface area contributed by atoms with E-state index in [-0.39, 0.29) is 6.04 Å². The second-order valence-corrected chi connectivity index (χ2v) is 11.7. The van der Waals surface area contributed by atoms with Crippen molar-refractivity contribution in [1.29, 1.82) is 0 Å². The molecule has 6 aromatic rings. The number of hydrogen-bond acceptors (Lipinski definition) is 5. The molecule has 0 bridgehead atoms. The third-order valence-electron chi connectivity index (χ3n) is 7.42. The second-order valence-electron chi connectivity index (χ2n) is 10.6. The molecule has 0 saturated heterocycles. The van der Waals surface area contributed by atoms with Gasteiger partial charge in [-0.25, -0.2) is 4.98 Å². The van der Waals surface area contributed by atoms with Crippen molar-refractivity contribution in [2.45, 2.75) is 39.7 Å². The third kappa shape index (κ3) is 3.62. The molecule has 3 aromatic heterocycles. The number of nitrogens with zero attached hydrogens (tertiary/aromatic N) is 3. The van der Waals surface area contributed by atoms with Crippen LogP contribution in [0.1, 0.15) is 51.0 Å². The van der Waals surface area contributed by atoms with E-state index < -0.39 is 0 Å². The fourth-order valence-electron chi connectivity index (χ4n) is 5.38. The smallest absolute Gasteiger partial charge is 0.109 e. The lowest BCUT2D eigenvalue weighted by molar-refractivity contribution is 0.694. The molecule has 1 unspecified atom stereocenters. The lowest BCUT2D eigenvalue weighted by Crippen LogP contribution is -2.26. The van der Waals surface area contributed by atoms with E-state index in [9.17, 15) is 0 Å². The molecule has 1 aliphatic heterocycles. The molecule has 6 heteroatoms. The van der Waals surface area contributed by atoms with Gasteiger partial charge in [0, 0.05) is 43.8 Å². The minimum Gasteiger partial charge on any atom is -0.365 e. The number of aromatic amines is 1. The lowest BCUT2D eigenvalue weighted by atomic mass is 10.0. The minimum atomic E-state index is 0.262. The zero-order valence-electron chi connectivity index (χ0n) is 21.5. The van der Waals surface area contributed by atoms with Crippen molar-refractivity contribution in [3.63, 3.8) is 0 Å². The van der Waals surface area contributed by atoms with Crippen LogP contribution in [0.5, 0.6) is 0 Å². The van der Waals surface area contributed by atoms with Gasteiger partial charge in [0.1, 0.15) is 5.82 Å². The van der Waals surface area contributed by atoms with Gasteiger partial charge in [-0.1, -0.05) is 52.0 Å². The van der Waals surface area contributed by atoms with Gasteiger partial charge in [-0.3, -0.25) is 9.98 Å². The number of pyridine rings is 1. The highest BCUT2D eigenvalue weighted by molar-refractivity contribution is 7.22. The minimum absolute atomic E-state index is 0.262. The molecule has 3 aromatic carbocycles. The summed E-state index contributed by atoms with van der Waals surface area (Å²) in [7, 11) is 0. The van der Waals surface area contributed by atoms with E-state index >= 15 is 0 Å². The monoisotopic (exact) mass is 503 g/mol. The lowest BCUT2D eigenvalue weighted by Gasteiger charge is -2.13. The molecule has 1 aliphatic rings. The number of imidazole rings is 1. The number of H-pyrrole nitrogens is 1. The molecular weight excluding hydrogens is 474 g/mol. The molecule has 5 nitrogen and oxygen atoms in total. The molecule has 0 amide bonds. The summed E-state index contributed by atoms with van der Waals surface area (Å²) < 4.78 is 1.31. The topological polar surface area (TPSA) is 66.0 Å². The Hall–Kier alpha value is -3.77. The number of benzene rings is 3. The fraction of sp³-hybridized carbons (Fsp3) is 0.258. The number of nitrogens with one attached hydrogen (secondary N) is 2. The largest absolute Gasteiger partial charge is 0.365 e. The molecule has 2 N–H and O–H groups in total. The molecule has 1 atom stereocenters. The van der Waals surface area contributed by atoms with Crippen LogP contribution in [0.15, 0.2) is 65.8 Å². The van der Waals surface area contributed by atoms with Crippen molar-refractivity contribution in [3.05, 3.63) is 72.2 Å². The Morgan fingerprint density at radius 2 is 1.78 bits per heavy atom. The first-order valence-electron chi connectivity index (χ1n) is 13.0. The average molecular weight is 504 g/mol. The first-order valence-corrected chi connectivity index (χ1v) is 13.8. The van der Waals surface area contributed by atoms with E-state index in [4.69, 9.17) is 15.0 Å². The molecule has 0 aliphatic carbocycles. The molecule has 0 spiro atoms. The van der Waals surface area contributed by atoms with Crippen LogP contribution >= 0.6 is 11.3 Å². The van der Waals surface area contributed by atoms with E-state index in [1.165, 1.54) is 31.5 Å². The summed E-state index contributed by atoms with van der Waals surface area (Å²) in [6.07, 6.45) is 1.88. The van der Waals surface area contributed by atoms with Gasteiger partial charge in [0.05, 0.1) is 35.0 Å². The van der Waals surface area contributed by atoms with Crippen LogP contribution in [0.2, 0.25) is 0 Å². The fourth-order valence-corrected chi connectivity index (χ4v) is 6.49. The van der Waals surface area contributed by atoms with Crippen molar-refractivity contribution < 1.29 is 0 Å². The molecule has 0 saturated carbocycles. The predicted octanol–water partition coefficient (Wildman–Crippen LogP) is 7.97. The predicted molar refractivity (Wildman–Crippen MR) is 157 cm³/mol. The Morgan fingerprint density at radius 3 is 2.59 bits per heavy atom. The van der Waals surface area contributed by atoms with E-state index in [1.54, 1.807) is 0 Å². The number of rotatable bonds is 4. The Balaban J connectivity index is 1.34. The maximum Gasteiger partial charge on any atom is 0.109 e. The van der Waals surface area contributed by atoms with Gasteiger partial charge in [-0.2, -0.15) is 0 Å². The average Bonchev–Trinajstić information content (AvgIpc) is 3.66. The summed E-state index contributed by atoms with van der Waals surface area (Å²) in [4.78, 5) is 19.3. The number of thiophene rings is 1. The summed E-state index contributed by atoms with van der Waals surface area (Å²) in [5, 5.41) is 8.31. The molecule has 0 fully saturated rings. The number of aromatic nitrogens is 3. The van der Waals surface area contributed by atoms with Crippen LogP contribution in [-0.2, 0) is 0 Å². The van der Waals surface area contributed by atoms with Crippen LogP contribution in [0.4, 0.5) is 0 Å². The standard InChI is InChI=1S/C31H29N5S/c1-16(2)30-33-15-24(34-30)18-7-8-20-14-26(37-25(20)13-18)19-9-10-21-23(12-19)27-22(6-5-11-32-27)29-28(21)35-31(36-29)17(3)4/h5-14,16-17,24H,15H2,1-4H3,(H,33,34)(H,35,36). The van der Waals surface area contributed by atoms with Crippen LogP contribution < -0.4 is 5.32 Å². The van der Waals surface area contributed by atoms with Gasteiger partial charge in [0.25, 0.3) is 0 Å². The van der Waals surface area contributed by atoms with Crippen LogP contribution in [0, 0.1) is 5.92 Å². The summed E-state index contributed by atoms with van der Waals surface area (Å²) in [6, 6.07) is 20.3. The molecule has 0 radical (unpaired) electrons. The normalized spacial score (nSPS) is 16.1. The van der Waals surface area contributed by atoms with Crippen LogP contribution in [0.25, 0.3) is 53.2 Å². The third-order valence-corrected chi connectivity index (χ3v) is 8.57. The van der Waals surface area contributed by atoms with E-state index in [2.05, 4.69) is 86.5 Å². The van der Waals surface area contributed by atoms with E-state index in [0.29, 0.717) is 11.8 Å². The first-order chi connectivity index (χ1) is 18.0. The van der Waals surface area contributed by atoms with Gasteiger partial charge in [-0.05, 0) is 46.8 Å². The quantitative estimate of drug-likeness (QED) is 0.240. The summed E-state index contributed by atoms with van der Waals surface area (Å²) in [5.41, 5.74) is 5.63. The van der Waals surface area contributed by atoms with Crippen molar-refractivity contribution in [1.82, 2.24) is 20.3 Å². The van der Waals surface area contributed by atoms with Crippen molar-refractivity contribution >= 4 is 60.0 Å². The highest BCUT2D eigenvalue weighted by Gasteiger charge is 2.21. The van der Waals surface area contributed by atoms with Crippen molar-refractivity contribution in [2.24, 2.45) is 10.9 Å². The van der Waals surface area contributed by atoms with Gasteiger partial charge >= 0.3 is 0 Å². The number of hydrogen-bond donors (Lipinski definition) is 2. The summed E-state index contributed by atoms with van der Waals surface area (Å²) in [5.74, 6) is 2.89. The SMILES string of the molecule is CC(C)C1=NCC(c2ccc3cc(-c4ccc5c(c4)c4ncccc4c4nc(C(C)C)[nH]c54)sc3c2)N1. The van der Waals surface area contributed by atoms with Gasteiger partial charge in [0.15, 0.2) is 0 Å². The van der Waals surface area contributed by atoms with Gasteiger partial charge in [-0.15, -0.1) is 11.3 Å². The summed E-state index contributed by atoms with van der Waals surface area (Å²) in [6.45, 7) is 9.52. The Kier molecular flexibility index (Phi) is 5.08. The summed E-state index contributed by atoms with van der Waals surface area (Å²) >= 11 is 1.85. The van der Waals surface area contributed by atoms with Crippen LogP contribution in [-0.4, -0.2) is 27.3 Å². The molecule has 7 rings (SSSR count). The molecule has 4 heterocycles. The van der Waals surface area contributed by atoms with Gasteiger partial charge < -0.3 is 10.3 Å². The van der Waals surface area contributed by atoms with Crippen LogP contribution in [0.3, 0.4) is 0 Å². The molecule has 184 valence electrons. The Labute approximate surface area is 219 Å². The van der Waals surface area contributed by atoms with Crippen molar-refractivity contribution in [3.8, 4) is 10.4 Å². The zero-order valence-corrected chi connectivity index (χ0v) is 22.3. The molecular formula is C31H29N5S. The zero-order chi connectivity index (χ0) is 25.3. The maximum absolute atomic E-state index is 4.95. The second kappa shape index (κ2) is 8.38. The van der Waals surface area contributed by atoms with E-state index in [0.717, 1.165) is 45.5 Å². The number of amidine groups is 1. The van der Waals surface area contributed by atoms with Gasteiger partial charge in [0.2, 0.25) is 0 Å². The Morgan fingerprint density at radius 1 is 0.892 bits per heavy atom. The highest BCUT2D eigenvalue weighted by atomic mass is 32.1. The molecule has 37 heavy (non-hydrogen) atoms. The Bertz CT molecular complexity index is 1860. The van der Waals surface area contributed by atoms with E-state index in [1.807, 2.05) is 23.6 Å². The number of fused-ring (bicyclic) bond motifs is 7. The maximum atomic E-state index is 4.95. The first kappa shape index (κ1) is 22.4.